The predicted octanol–water partition coefficient (Wildman–Crippen LogP) is 2.95. The third-order valence-corrected chi connectivity index (χ3v) is 4.65. The quantitative estimate of drug-likeness (QED) is 0.848. The van der Waals surface area contributed by atoms with Gasteiger partial charge in [-0.2, -0.15) is 0 Å². The summed E-state index contributed by atoms with van der Waals surface area (Å²) in [6.45, 7) is 5.80. The molecule has 2 aliphatic rings. The van der Waals surface area contributed by atoms with Crippen LogP contribution in [0.3, 0.4) is 0 Å². The van der Waals surface area contributed by atoms with Gasteiger partial charge in [-0.1, -0.05) is 25.7 Å². The summed E-state index contributed by atoms with van der Waals surface area (Å²) in [5, 5.41) is 3.03. The standard InChI is InChI=1S/C16H30N2O/c1-13(2)17-16(19)12-18-11-7-6-10-15(18)14-8-4-3-5-9-14/h13-15H,3-12H2,1-2H3,(H,17,19). The number of nitrogens with one attached hydrogen (secondary N) is 1. The molecule has 3 heteroatoms. The Hall–Kier alpha value is -0.570. The fourth-order valence-electron chi connectivity index (χ4n) is 3.82. The molecule has 3 nitrogen and oxygen atoms in total. The summed E-state index contributed by atoms with van der Waals surface area (Å²) in [6.07, 6.45) is 10.9. The minimum Gasteiger partial charge on any atom is -0.353 e. The fourth-order valence-corrected chi connectivity index (χ4v) is 3.82. The molecular weight excluding hydrogens is 236 g/mol. The first-order valence-electron chi connectivity index (χ1n) is 8.20. The molecule has 0 aromatic carbocycles. The van der Waals surface area contributed by atoms with E-state index >= 15 is 0 Å². The molecule has 1 amide bonds. The minimum absolute atomic E-state index is 0.206. The van der Waals surface area contributed by atoms with Crippen LogP contribution in [-0.4, -0.2) is 36.0 Å². The molecular formula is C16H30N2O. The van der Waals surface area contributed by atoms with Crippen molar-refractivity contribution in [2.75, 3.05) is 13.1 Å². The van der Waals surface area contributed by atoms with Gasteiger partial charge in [0.1, 0.15) is 0 Å². The average Bonchev–Trinajstić information content (AvgIpc) is 2.39. The van der Waals surface area contributed by atoms with Crippen molar-refractivity contribution in [2.24, 2.45) is 5.92 Å². The van der Waals surface area contributed by atoms with Gasteiger partial charge < -0.3 is 5.32 Å². The van der Waals surface area contributed by atoms with Crippen LogP contribution in [0.5, 0.6) is 0 Å². The van der Waals surface area contributed by atoms with Crippen molar-refractivity contribution in [3.63, 3.8) is 0 Å². The Morgan fingerprint density at radius 1 is 1.11 bits per heavy atom. The van der Waals surface area contributed by atoms with Crippen molar-refractivity contribution in [3.05, 3.63) is 0 Å². The smallest absolute Gasteiger partial charge is 0.234 e. The lowest BCUT2D eigenvalue weighted by Crippen LogP contribution is -2.49. The van der Waals surface area contributed by atoms with Crippen molar-refractivity contribution < 1.29 is 4.79 Å². The SMILES string of the molecule is CC(C)NC(=O)CN1CCCCC1C1CCCCC1. The number of hydrogen-bond donors (Lipinski definition) is 1. The molecule has 0 aromatic heterocycles. The van der Waals surface area contributed by atoms with Gasteiger partial charge in [0.25, 0.3) is 0 Å². The molecule has 2 rings (SSSR count). The Balaban J connectivity index is 1.89. The monoisotopic (exact) mass is 266 g/mol. The van der Waals surface area contributed by atoms with Gasteiger partial charge in [0.05, 0.1) is 6.54 Å². The Morgan fingerprint density at radius 2 is 1.79 bits per heavy atom. The second-order valence-corrected chi connectivity index (χ2v) is 6.65. The molecule has 1 saturated heterocycles. The van der Waals surface area contributed by atoms with E-state index in [9.17, 15) is 4.79 Å². The Morgan fingerprint density at radius 3 is 2.47 bits per heavy atom. The van der Waals surface area contributed by atoms with E-state index in [0.717, 1.165) is 12.5 Å². The number of piperidine rings is 1. The Labute approximate surface area is 118 Å². The highest BCUT2D eigenvalue weighted by Gasteiger charge is 2.31. The van der Waals surface area contributed by atoms with Crippen LogP contribution in [0.4, 0.5) is 0 Å². The number of carbonyl (C=O) groups is 1. The van der Waals surface area contributed by atoms with Crippen molar-refractivity contribution in [3.8, 4) is 0 Å². The summed E-state index contributed by atoms with van der Waals surface area (Å²) in [5.74, 6) is 1.05. The van der Waals surface area contributed by atoms with E-state index in [1.54, 1.807) is 0 Å². The normalized spacial score (nSPS) is 26.6. The van der Waals surface area contributed by atoms with Crippen LogP contribution in [0.1, 0.15) is 65.2 Å². The summed E-state index contributed by atoms with van der Waals surface area (Å²) in [4.78, 5) is 14.5. The number of nitrogens with zero attached hydrogens (tertiary/aromatic N) is 1. The molecule has 0 radical (unpaired) electrons. The highest BCUT2D eigenvalue weighted by atomic mass is 16.2. The maximum Gasteiger partial charge on any atom is 0.234 e. The van der Waals surface area contributed by atoms with Crippen molar-refractivity contribution in [2.45, 2.75) is 77.3 Å². The van der Waals surface area contributed by atoms with Crippen LogP contribution >= 0.6 is 0 Å². The second-order valence-electron chi connectivity index (χ2n) is 6.65. The van der Waals surface area contributed by atoms with Crippen LogP contribution in [0.15, 0.2) is 0 Å². The maximum absolute atomic E-state index is 12.0. The first-order valence-corrected chi connectivity index (χ1v) is 8.20. The predicted molar refractivity (Wildman–Crippen MR) is 79.1 cm³/mol. The Bertz CT molecular complexity index is 284. The van der Waals surface area contributed by atoms with Crippen LogP contribution in [0, 0.1) is 5.92 Å². The lowest BCUT2D eigenvalue weighted by atomic mass is 9.80. The molecule has 1 aliphatic carbocycles. The van der Waals surface area contributed by atoms with Gasteiger partial charge in [-0.3, -0.25) is 9.69 Å². The molecule has 2 fully saturated rings. The van der Waals surface area contributed by atoms with Gasteiger partial charge in [-0.25, -0.2) is 0 Å². The Kier molecular flexibility index (Phi) is 5.68. The molecule has 19 heavy (non-hydrogen) atoms. The van der Waals surface area contributed by atoms with Crippen LogP contribution in [0.2, 0.25) is 0 Å². The number of rotatable bonds is 4. The van der Waals surface area contributed by atoms with Gasteiger partial charge in [0.2, 0.25) is 5.91 Å². The number of carbonyl (C=O) groups excluding carboxylic acids is 1. The first kappa shape index (κ1) is 14.8. The van der Waals surface area contributed by atoms with Crippen LogP contribution in [-0.2, 0) is 4.79 Å². The molecule has 0 spiro atoms. The van der Waals surface area contributed by atoms with Crippen LogP contribution in [0.25, 0.3) is 0 Å². The average molecular weight is 266 g/mol. The number of hydrogen-bond acceptors (Lipinski definition) is 2. The van der Waals surface area contributed by atoms with E-state index in [-0.39, 0.29) is 11.9 Å². The van der Waals surface area contributed by atoms with Gasteiger partial charge in [-0.15, -0.1) is 0 Å². The molecule has 0 bridgehead atoms. The van der Waals surface area contributed by atoms with Gasteiger partial charge in [0.15, 0.2) is 0 Å². The molecule has 1 atom stereocenters. The molecule has 110 valence electrons. The van der Waals surface area contributed by atoms with E-state index in [0.29, 0.717) is 12.6 Å². The lowest BCUT2D eigenvalue weighted by Gasteiger charge is -2.41. The summed E-state index contributed by atoms with van der Waals surface area (Å²) >= 11 is 0. The highest BCUT2D eigenvalue weighted by molar-refractivity contribution is 5.78. The highest BCUT2D eigenvalue weighted by Crippen LogP contribution is 2.33. The first-order chi connectivity index (χ1) is 9.16. The van der Waals surface area contributed by atoms with E-state index in [1.807, 2.05) is 13.8 Å². The summed E-state index contributed by atoms with van der Waals surface area (Å²) in [6, 6.07) is 0.928. The summed E-state index contributed by atoms with van der Waals surface area (Å²) in [7, 11) is 0. The molecule has 1 heterocycles. The molecule has 1 unspecified atom stereocenters. The van der Waals surface area contributed by atoms with E-state index in [1.165, 1.54) is 51.4 Å². The molecule has 0 aromatic rings. The third-order valence-electron chi connectivity index (χ3n) is 4.65. The summed E-state index contributed by atoms with van der Waals surface area (Å²) in [5.41, 5.74) is 0. The van der Waals surface area contributed by atoms with Crippen LogP contribution < -0.4 is 5.32 Å². The topological polar surface area (TPSA) is 32.3 Å². The zero-order valence-electron chi connectivity index (χ0n) is 12.7. The maximum atomic E-state index is 12.0. The third kappa shape index (κ3) is 4.48. The molecule has 1 aliphatic heterocycles. The number of amides is 1. The zero-order chi connectivity index (χ0) is 13.7. The summed E-state index contributed by atoms with van der Waals surface area (Å²) < 4.78 is 0. The zero-order valence-corrected chi connectivity index (χ0v) is 12.7. The molecule has 1 saturated carbocycles. The lowest BCUT2D eigenvalue weighted by molar-refractivity contribution is -0.124. The van der Waals surface area contributed by atoms with Gasteiger partial charge in [-0.05, 0) is 52.0 Å². The largest absolute Gasteiger partial charge is 0.353 e. The molecule has 1 N–H and O–H groups in total. The second kappa shape index (κ2) is 7.28. The van der Waals surface area contributed by atoms with Gasteiger partial charge in [0, 0.05) is 12.1 Å². The van der Waals surface area contributed by atoms with E-state index < -0.39 is 0 Å². The van der Waals surface area contributed by atoms with E-state index in [4.69, 9.17) is 0 Å². The van der Waals surface area contributed by atoms with Gasteiger partial charge >= 0.3 is 0 Å². The fraction of sp³-hybridized carbons (Fsp3) is 0.938. The van der Waals surface area contributed by atoms with Crippen molar-refractivity contribution >= 4 is 5.91 Å². The number of likely N-dealkylation sites (tertiary alicyclic amines) is 1. The minimum atomic E-state index is 0.206. The van der Waals surface area contributed by atoms with Crippen molar-refractivity contribution in [1.82, 2.24) is 10.2 Å². The van der Waals surface area contributed by atoms with Crippen molar-refractivity contribution in [1.29, 1.82) is 0 Å². The van der Waals surface area contributed by atoms with E-state index in [2.05, 4.69) is 10.2 Å².